The molecule has 4 nitrogen and oxygen atoms in total. The Morgan fingerprint density at radius 3 is 2.67 bits per heavy atom. The Balaban J connectivity index is 1.27. The minimum Gasteiger partial charge on any atom is -0.389 e. The predicted octanol–water partition coefficient (Wildman–Crippen LogP) is 1.65. The van der Waals surface area contributed by atoms with Crippen molar-refractivity contribution in [2.24, 2.45) is 5.92 Å². The van der Waals surface area contributed by atoms with Crippen LogP contribution in [0.2, 0.25) is 0 Å². The molecule has 1 saturated carbocycles. The number of nitrogens with zero attached hydrogens (tertiary/aromatic N) is 2. The number of aliphatic hydroxyl groups excluding tert-OH is 1. The largest absolute Gasteiger partial charge is 0.389 e. The first-order valence-corrected chi connectivity index (χ1v) is 8.90. The molecule has 0 aromatic carbocycles. The van der Waals surface area contributed by atoms with Gasteiger partial charge in [0.1, 0.15) is 0 Å². The van der Waals surface area contributed by atoms with Gasteiger partial charge in [0.05, 0.1) is 19.3 Å². The van der Waals surface area contributed by atoms with E-state index in [1.807, 2.05) is 6.07 Å². The summed E-state index contributed by atoms with van der Waals surface area (Å²) in [7, 11) is 0. The molecular formula is C16H26N2O2S. The van der Waals surface area contributed by atoms with E-state index in [4.69, 9.17) is 4.74 Å². The summed E-state index contributed by atoms with van der Waals surface area (Å²) >= 11 is 1.70. The molecule has 3 rings (SSSR count). The monoisotopic (exact) mass is 310 g/mol. The first kappa shape index (κ1) is 15.4. The van der Waals surface area contributed by atoms with Gasteiger partial charge in [0.15, 0.2) is 0 Å². The quantitative estimate of drug-likeness (QED) is 0.792. The number of ether oxygens (including phenoxy) is 1. The highest BCUT2D eigenvalue weighted by Gasteiger charge is 2.26. The lowest BCUT2D eigenvalue weighted by molar-refractivity contribution is 0.00181. The van der Waals surface area contributed by atoms with Gasteiger partial charge in [0.2, 0.25) is 0 Å². The van der Waals surface area contributed by atoms with Crippen LogP contribution in [0.25, 0.3) is 0 Å². The number of thiophene rings is 1. The summed E-state index contributed by atoms with van der Waals surface area (Å²) in [5.41, 5.74) is 0. The molecule has 0 bridgehead atoms. The van der Waals surface area contributed by atoms with E-state index in [1.54, 1.807) is 11.3 Å². The highest BCUT2D eigenvalue weighted by Crippen LogP contribution is 2.29. The molecule has 1 saturated heterocycles. The molecule has 118 valence electrons. The Morgan fingerprint density at radius 1 is 1.24 bits per heavy atom. The second-order valence-electron chi connectivity index (χ2n) is 6.29. The molecule has 2 fully saturated rings. The van der Waals surface area contributed by atoms with Crippen molar-refractivity contribution < 1.29 is 9.84 Å². The summed E-state index contributed by atoms with van der Waals surface area (Å²) in [5, 5.41) is 12.1. The van der Waals surface area contributed by atoms with Gasteiger partial charge in [-0.15, -0.1) is 11.3 Å². The van der Waals surface area contributed by atoms with Crippen molar-refractivity contribution in [2.75, 3.05) is 45.9 Å². The number of piperazine rings is 1. The van der Waals surface area contributed by atoms with Crippen LogP contribution in [0.5, 0.6) is 0 Å². The second kappa shape index (κ2) is 7.70. The van der Waals surface area contributed by atoms with E-state index < -0.39 is 0 Å². The summed E-state index contributed by atoms with van der Waals surface area (Å²) in [6.45, 7) is 7.54. The molecular weight excluding hydrogens is 284 g/mol. The number of β-amino-alcohol motifs (C(OH)–C–C–N with tert-alkyl or cyclic N) is 1. The smallest absolute Gasteiger partial charge is 0.0900 e. The Morgan fingerprint density at radius 2 is 2.00 bits per heavy atom. The van der Waals surface area contributed by atoms with Gasteiger partial charge in [-0.25, -0.2) is 0 Å². The summed E-state index contributed by atoms with van der Waals surface area (Å²) < 4.78 is 5.59. The van der Waals surface area contributed by atoms with Gasteiger partial charge in [-0.3, -0.25) is 4.90 Å². The van der Waals surface area contributed by atoms with Gasteiger partial charge >= 0.3 is 0 Å². The second-order valence-corrected chi connectivity index (χ2v) is 7.33. The van der Waals surface area contributed by atoms with Crippen LogP contribution in [0.4, 0.5) is 0 Å². The Labute approximate surface area is 131 Å². The lowest BCUT2D eigenvalue weighted by atomic mass is 10.2. The van der Waals surface area contributed by atoms with Crippen molar-refractivity contribution in [3.8, 4) is 0 Å². The molecule has 2 heterocycles. The maximum absolute atomic E-state index is 10.1. The van der Waals surface area contributed by atoms with E-state index in [9.17, 15) is 5.11 Å². The van der Waals surface area contributed by atoms with Gasteiger partial charge in [0.25, 0.3) is 0 Å². The molecule has 1 aliphatic carbocycles. The van der Waals surface area contributed by atoms with Gasteiger partial charge in [0, 0.05) is 44.1 Å². The first-order valence-electron chi connectivity index (χ1n) is 8.02. The lowest BCUT2D eigenvalue weighted by Crippen LogP contribution is -2.49. The fourth-order valence-corrected chi connectivity index (χ4v) is 3.50. The highest BCUT2D eigenvalue weighted by molar-refractivity contribution is 7.09. The SMILES string of the molecule is OC(COCc1cccs1)CN1CCN(CC2CC2)CC1. The third-order valence-electron chi connectivity index (χ3n) is 4.28. The van der Waals surface area contributed by atoms with Crippen molar-refractivity contribution >= 4 is 11.3 Å². The van der Waals surface area contributed by atoms with Gasteiger partial charge in [-0.1, -0.05) is 6.07 Å². The van der Waals surface area contributed by atoms with E-state index in [1.165, 1.54) is 24.3 Å². The summed E-state index contributed by atoms with van der Waals surface area (Å²) in [5.74, 6) is 0.979. The van der Waals surface area contributed by atoms with Crippen LogP contribution >= 0.6 is 11.3 Å². The molecule has 1 aromatic heterocycles. The van der Waals surface area contributed by atoms with Crippen molar-refractivity contribution in [1.82, 2.24) is 9.80 Å². The van der Waals surface area contributed by atoms with Gasteiger partial charge in [-0.05, 0) is 30.2 Å². The molecule has 21 heavy (non-hydrogen) atoms. The molecule has 2 aliphatic rings. The highest BCUT2D eigenvalue weighted by atomic mass is 32.1. The lowest BCUT2D eigenvalue weighted by Gasteiger charge is -2.35. The van der Waals surface area contributed by atoms with E-state index in [0.717, 1.165) is 38.6 Å². The van der Waals surface area contributed by atoms with E-state index in [2.05, 4.69) is 21.2 Å². The molecule has 1 atom stereocenters. The molecule has 1 aliphatic heterocycles. The summed E-state index contributed by atoms with van der Waals surface area (Å²) in [6.07, 6.45) is 2.49. The Hall–Kier alpha value is -0.460. The number of hydrogen-bond acceptors (Lipinski definition) is 5. The number of hydrogen-bond donors (Lipinski definition) is 1. The minimum absolute atomic E-state index is 0.375. The third-order valence-corrected chi connectivity index (χ3v) is 5.13. The van der Waals surface area contributed by atoms with E-state index >= 15 is 0 Å². The fraction of sp³-hybridized carbons (Fsp3) is 0.750. The molecule has 1 N–H and O–H groups in total. The zero-order chi connectivity index (χ0) is 14.5. The molecule has 0 spiro atoms. The van der Waals surface area contributed by atoms with Crippen LogP contribution in [0.1, 0.15) is 17.7 Å². The average molecular weight is 310 g/mol. The Bertz CT molecular complexity index is 400. The molecule has 5 heteroatoms. The summed E-state index contributed by atoms with van der Waals surface area (Å²) in [6, 6.07) is 4.09. The van der Waals surface area contributed by atoms with Crippen LogP contribution in [-0.2, 0) is 11.3 Å². The van der Waals surface area contributed by atoms with Crippen LogP contribution in [-0.4, -0.2) is 66.9 Å². The molecule has 1 unspecified atom stereocenters. The number of rotatable bonds is 8. The Kier molecular flexibility index (Phi) is 5.66. The van der Waals surface area contributed by atoms with Crippen LogP contribution in [0, 0.1) is 5.92 Å². The summed E-state index contributed by atoms with van der Waals surface area (Å²) in [4.78, 5) is 6.16. The van der Waals surface area contributed by atoms with Crippen molar-refractivity contribution in [3.05, 3.63) is 22.4 Å². The van der Waals surface area contributed by atoms with Gasteiger partial charge < -0.3 is 14.7 Å². The first-order chi connectivity index (χ1) is 10.3. The van der Waals surface area contributed by atoms with Gasteiger partial charge in [-0.2, -0.15) is 0 Å². The maximum Gasteiger partial charge on any atom is 0.0900 e. The van der Waals surface area contributed by atoms with Crippen molar-refractivity contribution in [3.63, 3.8) is 0 Å². The van der Waals surface area contributed by atoms with E-state index in [0.29, 0.717) is 13.2 Å². The van der Waals surface area contributed by atoms with Crippen molar-refractivity contribution in [2.45, 2.75) is 25.6 Å². The van der Waals surface area contributed by atoms with Crippen LogP contribution < -0.4 is 0 Å². The standard InChI is InChI=1S/C16H26N2O2S/c19-15(12-20-13-16-2-1-9-21-16)11-18-7-5-17(6-8-18)10-14-3-4-14/h1-2,9,14-15,19H,3-8,10-13H2. The third kappa shape index (κ3) is 5.34. The predicted molar refractivity (Wildman–Crippen MR) is 85.6 cm³/mol. The molecule has 0 amide bonds. The normalized spacial score (nSPS) is 22.5. The van der Waals surface area contributed by atoms with Crippen molar-refractivity contribution in [1.29, 1.82) is 0 Å². The molecule has 1 aromatic rings. The van der Waals surface area contributed by atoms with Crippen LogP contribution in [0.15, 0.2) is 17.5 Å². The maximum atomic E-state index is 10.1. The van der Waals surface area contributed by atoms with Crippen LogP contribution in [0.3, 0.4) is 0 Å². The zero-order valence-electron chi connectivity index (χ0n) is 12.6. The minimum atomic E-state index is -0.375. The average Bonchev–Trinajstić information content (AvgIpc) is 3.14. The topological polar surface area (TPSA) is 35.9 Å². The molecule has 0 radical (unpaired) electrons. The zero-order valence-corrected chi connectivity index (χ0v) is 13.4. The fourth-order valence-electron chi connectivity index (χ4n) is 2.86. The van der Waals surface area contributed by atoms with E-state index in [-0.39, 0.29) is 6.10 Å². The number of aliphatic hydroxyl groups is 1.